The molecule has 0 fully saturated rings. The fraction of sp³-hybridized carbons (Fsp3) is 0.400. The van der Waals surface area contributed by atoms with Crippen LogP contribution in [0.2, 0.25) is 0 Å². The van der Waals surface area contributed by atoms with Crippen LogP contribution in [-0.2, 0) is 19.1 Å². The third kappa shape index (κ3) is 5.03. The van der Waals surface area contributed by atoms with Gasteiger partial charge in [0.2, 0.25) is 0 Å². The summed E-state index contributed by atoms with van der Waals surface area (Å²) in [6.45, 7) is 9.20. The summed E-state index contributed by atoms with van der Waals surface area (Å²) >= 11 is 3.47. The van der Waals surface area contributed by atoms with Crippen LogP contribution in [0.1, 0.15) is 13.8 Å². The largest absolute Gasteiger partial charge is 0.424 e. The van der Waals surface area contributed by atoms with Crippen molar-refractivity contribution < 1.29 is 29.3 Å². The number of aliphatic hydroxyl groups is 2. The highest BCUT2D eigenvalue weighted by atomic mass is 32.1. The SMILES string of the molecule is C=C(C)C(=O)OC(O)C(O)(S)OC(=O)C(=C)C. The maximum atomic E-state index is 11.1. The second-order valence-corrected chi connectivity index (χ2v) is 4.01. The van der Waals surface area contributed by atoms with Crippen molar-refractivity contribution in [3.8, 4) is 0 Å². The lowest BCUT2D eigenvalue weighted by molar-refractivity contribution is -0.254. The molecule has 0 heterocycles. The van der Waals surface area contributed by atoms with Crippen LogP contribution < -0.4 is 0 Å². The molecule has 0 amide bonds. The molecule has 0 aliphatic heterocycles. The zero-order valence-corrected chi connectivity index (χ0v) is 10.4. The number of esters is 2. The van der Waals surface area contributed by atoms with Gasteiger partial charge < -0.3 is 19.7 Å². The van der Waals surface area contributed by atoms with E-state index < -0.39 is 23.3 Å². The highest BCUT2D eigenvalue weighted by Crippen LogP contribution is 2.20. The molecule has 96 valence electrons. The molecule has 2 N–H and O–H groups in total. The van der Waals surface area contributed by atoms with Gasteiger partial charge in [0.25, 0.3) is 6.29 Å². The van der Waals surface area contributed by atoms with Gasteiger partial charge in [-0.15, -0.1) is 0 Å². The number of carbonyl (C=O) groups excluding carboxylic acids is 2. The maximum absolute atomic E-state index is 11.1. The van der Waals surface area contributed by atoms with Gasteiger partial charge in [-0.05, 0) is 13.8 Å². The number of ether oxygens (including phenoxy) is 2. The molecule has 0 aromatic carbocycles. The molecule has 0 bridgehead atoms. The summed E-state index contributed by atoms with van der Waals surface area (Å²) in [5.74, 6) is -1.95. The summed E-state index contributed by atoms with van der Waals surface area (Å²) in [6, 6.07) is 0. The molecule has 17 heavy (non-hydrogen) atoms. The fourth-order valence-electron chi connectivity index (χ4n) is 0.553. The monoisotopic (exact) mass is 262 g/mol. The van der Waals surface area contributed by atoms with E-state index in [9.17, 15) is 19.8 Å². The minimum absolute atomic E-state index is 0.000545. The Morgan fingerprint density at radius 3 is 2.00 bits per heavy atom. The molecule has 6 nitrogen and oxygen atoms in total. The van der Waals surface area contributed by atoms with E-state index >= 15 is 0 Å². The summed E-state index contributed by atoms with van der Waals surface area (Å²) in [6.07, 6.45) is -2.15. The first kappa shape index (κ1) is 15.7. The Morgan fingerprint density at radius 1 is 1.24 bits per heavy atom. The van der Waals surface area contributed by atoms with Crippen LogP contribution in [0.3, 0.4) is 0 Å². The van der Waals surface area contributed by atoms with E-state index in [0.29, 0.717) is 0 Å². The number of thiol groups is 1. The van der Waals surface area contributed by atoms with E-state index in [4.69, 9.17) is 0 Å². The number of carbonyl (C=O) groups is 2. The van der Waals surface area contributed by atoms with Crippen molar-refractivity contribution in [3.63, 3.8) is 0 Å². The van der Waals surface area contributed by atoms with Gasteiger partial charge >= 0.3 is 17.1 Å². The molecule has 0 aromatic rings. The standard InChI is InChI=1S/C10H14O6S/c1-5(2)7(11)15-9(13)10(14,17)16-8(12)6(3)4/h9,13-14,17H,1,3H2,2,4H3. The van der Waals surface area contributed by atoms with E-state index in [-0.39, 0.29) is 11.1 Å². The molecular formula is C10H14O6S. The lowest BCUT2D eigenvalue weighted by atomic mass is 10.3. The Kier molecular flexibility index (Phi) is 5.40. The second-order valence-electron chi connectivity index (χ2n) is 3.37. The van der Waals surface area contributed by atoms with Gasteiger partial charge in [0, 0.05) is 11.1 Å². The molecule has 0 aliphatic carbocycles. The van der Waals surface area contributed by atoms with Crippen molar-refractivity contribution in [1.82, 2.24) is 0 Å². The van der Waals surface area contributed by atoms with Crippen molar-refractivity contribution in [2.45, 2.75) is 25.3 Å². The first-order chi connectivity index (χ1) is 7.58. The molecule has 7 heteroatoms. The van der Waals surface area contributed by atoms with Crippen LogP contribution in [0, 0.1) is 0 Å². The van der Waals surface area contributed by atoms with Gasteiger partial charge in [-0.1, -0.05) is 25.8 Å². The van der Waals surface area contributed by atoms with Crippen molar-refractivity contribution in [3.05, 3.63) is 24.3 Å². The lowest BCUT2D eigenvalue weighted by Crippen LogP contribution is -2.44. The van der Waals surface area contributed by atoms with E-state index in [0.717, 1.165) is 0 Å². The average molecular weight is 262 g/mol. The molecule has 0 saturated heterocycles. The Morgan fingerprint density at radius 2 is 1.65 bits per heavy atom. The normalized spacial score (nSPS) is 15.4. The zero-order valence-electron chi connectivity index (χ0n) is 9.47. The molecule has 0 aromatic heterocycles. The van der Waals surface area contributed by atoms with Gasteiger partial charge in [-0.25, -0.2) is 9.59 Å². The molecule has 0 saturated carbocycles. The summed E-state index contributed by atoms with van der Waals surface area (Å²) in [7, 11) is 0. The first-order valence-electron chi connectivity index (χ1n) is 4.46. The van der Waals surface area contributed by atoms with E-state index in [1.54, 1.807) is 0 Å². The van der Waals surface area contributed by atoms with Crippen LogP contribution in [-0.4, -0.2) is 33.6 Å². The highest BCUT2D eigenvalue weighted by molar-refractivity contribution is 7.81. The van der Waals surface area contributed by atoms with E-state index in [1.165, 1.54) is 13.8 Å². The smallest absolute Gasteiger partial charge is 0.336 e. The number of hydrogen-bond donors (Lipinski definition) is 3. The van der Waals surface area contributed by atoms with Crippen molar-refractivity contribution in [2.75, 3.05) is 0 Å². The topological polar surface area (TPSA) is 93.1 Å². The van der Waals surface area contributed by atoms with Gasteiger partial charge in [-0.2, -0.15) is 0 Å². The van der Waals surface area contributed by atoms with Gasteiger partial charge in [0.15, 0.2) is 0 Å². The molecule has 0 rings (SSSR count). The number of hydrogen-bond acceptors (Lipinski definition) is 7. The fourth-order valence-corrected chi connectivity index (χ4v) is 0.688. The van der Waals surface area contributed by atoms with Gasteiger partial charge in [-0.3, -0.25) is 0 Å². The van der Waals surface area contributed by atoms with Crippen LogP contribution in [0.5, 0.6) is 0 Å². The predicted octanol–water partition coefficient (Wildman–Crippen LogP) is 0.119. The molecule has 0 radical (unpaired) electrons. The Bertz CT molecular complexity index is 360. The van der Waals surface area contributed by atoms with Crippen LogP contribution >= 0.6 is 12.6 Å². The summed E-state index contributed by atoms with van der Waals surface area (Å²) in [5.41, 5.74) is -0.0182. The summed E-state index contributed by atoms with van der Waals surface area (Å²) in [4.78, 5) is 22.1. The lowest BCUT2D eigenvalue weighted by Gasteiger charge is -2.26. The molecular weight excluding hydrogens is 248 g/mol. The Balaban J connectivity index is 4.60. The number of aliphatic hydroxyl groups excluding tert-OH is 1. The van der Waals surface area contributed by atoms with Crippen LogP contribution in [0.15, 0.2) is 24.3 Å². The van der Waals surface area contributed by atoms with Crippen molar-refractivity contribution in [2.24, 2.45) is 0 Å². The molecule has 0 spiro atoms. The maximum Gasteiger partial charge on any atom is 0.336 e. The van der Waals surface area contributed by atoms with Crippen molar-refractivity contribution in [1.29, 1.82) is 0 Å². The summed E-state index contributed by atoms with van der Waals surface area (Å²) < 4.78 is 8.71. The van der Waals surface area contributed by atoms with Crippen LogP contribution in [0.25, 0.3) is 0 Å². The average Bonchev–Trinajstić information content (AvgIpc) is 2.16. The molecule has 2 atom stereocenters. The summed E-state index contributed by atoms with van der Waals surface area (Å²) in [5, 5.41) is 16.1. The second kappa shape index (κ2) is 5.85. The zero-order chi connectivity index (χ0) is 13.8. The van der Waals surface area contributed by atoms with Crippen LogP contribution in [0.4, 0.5) is 0 Å². The third-order valence-corrected chi connectivity index (χ3v) is 1.79. The Hall–Kier alpha value is -1.31. The molecule has 2 unspecified atom stereocenters. The Labute approximate surface area is 104 Å². The predicted molar refractivity (Wildman–Crippen MR) is 61.8 cm³/mol. The van der Waals surface area contributed by atoms with Gasteiger partial charge in [0.05, 0.1) is 0 Å². The van der Waals surface area contributed by atoms with Gasteiger partial charge in [0.1, 0.15) is 0 Å². The van der Waals surface area contributed by atoms with E-state index in [1.807, 2.05) is 0 Å². The quantitative estimate of drug-likeness (QED) is 0.282. The minimum atomic E-state index is -2.67. The number of rotatable bonds is 5. The molecule has 0 aliphatic rings. The third-order valence-electron chi connectivity index (χ3n) is 1.48. The van der Waals surface area contributed by atoms with Crippen molar-refractivity contribution >= 4 is 24.6 Å². The highest BCUT2D eigenvalue weighted by Gasteiger charge is 2.39. The van der Waals surface area contributed by atoms with E-state index in [2.05, 4.69) is 35.3 Å². The minimum Gasteiger partial charge on any atom is -0.424 e. The first-order valence-corrected chi connectivity index (χ1v) is 4.90.